The summed E-state index contributed by atoms with van der Waals surface area (Å²) in [4.78, 5) is 13.8. The molecular formula is C26H33Cl2NO. The van der Waals surface area contributed by atoms with Crippen LogP contribution in [-0.4, -0.2) is 23.8 Å². The molecule has 30 heavy (non-hydrogen) atoms. The van der Waals surface area contributed by atoms with E-state index in [0.29, 0.717) is 34.1 Å². The Morgan fingerprint density at radius 3 is 2.33 bits per heavy atom. The molecule has 4 heteroatoms. The second-order valence-corrected chi connectivity index (χ2v) is 8.87. The number of allylic oxidation sites excluding steroid dienone is 1. The Hall–Kier alpha value is -1.61. The molecule has 1 unspecified atom stereocenters. The van der Waals surface area contributed by atoms with Gasteiger partial charge in [-0.15, -0.1) is 6.58 Å². The first-order valence-electron chi connectivity index (χ1n) is 10.7. The second-order valence-electron chi connectivity index (χ2n) is 8.05. The molecule has 1 aliphatic heterocycles. The maximum absolute atomic E-state index is 11.5. The van der Waals surface area contributed by atoms with Gasteiger partial charge in [0.05, 0.1) is 10.0 Å². The van der Waals surface area contributed by atoms with E-state index in [9.17, 15) is 4.79 Å². The minimum Gasteiger partial charge on any atom is -0.299 e. The van der Waals surface area contributed by atoms with Crippen LogP contribution in [0.15, 0.2) is 49.1 Å². The predicted molar refractivity (Wildman–Crippen MR) is 130 cm³/mol. The summed E-state index contributed by atoms with van der Waals surface area (Å²) in [5.41, 5.74) is 5.23. The average molecular weight is 446 g/mol. The quantitative estimate of drug-likeness (QED) is 0.414. The fourth-order valence-corrected chi connectivity index (χ4v) is 3.94. The van der Waals surface area contributed by atoms with Crippen LogP contribution in [0.4, 0.5) is 0 Å². The molecule has 2 nitrogen and oxygen atoms in total. The number of benzene rings is 2. The molecule has 0 saturated carbocycles. The van der Waals surface area contributed by atoms with Crippen molar-refractivity contribution in [2.24, 2.45) is 5.92 Å². The van der Waals surface area contributed by atoms with Crippen LogP contribution >= 0.6 is 23.2 Å². The first-order valence-corrected chi connectivity index (χ1v) is 11.4. The highest BCUT2D eigenvalue weighted by molar-refractivity contribution is 6.42. The Labute approximate surface area is 191 Å². The lowest BCUT2D eigenvalue weighted by Crippen LogP contribution is -2.49. The zero-order valence-electron chi connectivity index (χ0n) is 18.6. The maximum atomic E-state index is 11.5. The van der Waals surface area contributed by atoms with Gasteiger partial charge in [-0.2, -0.15) is 0 Å². The lowest BCUT2D eigenvalue weighted by molar-refractivity contribution is -0.127. The van der Waals surface area contributed by atoms with Gasteiger partial charge in [-0.25, -0.2) is 0 Å². The molecule has 1 aliphatic rings. The number of nitrogens with zero attached hydrogens (tertiary/aromatic N) is 1. The monoisotopic (exact) mass is 445 g/mol. The molecule has 162 valence electrons. The number of rotatable bonds is 7. The topological polar surface area (TPSA) is 20.3 Å². The summed E-state index contributed by atoms with van der Waals surface area (Å²) in [6.07, 6.45) is 3.64. The summed E-state index contributed by atoms with van der Waals surface area (Å²) in [7, 11) is 0. The molecule has 0 radical (unpaired) electrons. The van der Waals surface area contributed by atoms with Gasteiger partial charge in [0, 0.05) is 37.9 Å². The van der Waals surface area contributed by atoms with Crippen LogP contribution in [0.25, 0.3) is 0 Å². The molecule has 0 aromatic heterocycles. The first kappa shape index (κ1) is 24.7. The third-order valence-electron chi connectivity index (χ3n) is 5.83. The number of halogens is 2. The summed E-state index contributed by atoms with van der Waals surface area (Å²) < 4.78 is 0. The highest BCUT2D eigenvalue weighted by atomic mass is 35.5. The Morgan fingerprint density at radius 2 is 1.80 bits per heavy atom. The zero-order valence-corrected chi connectivity index (χ0v) is 20.1. The minimum absolute atomic E-state index is 0.298. The van der Waals surface area contributed by atoms with Crippen LogP contribution in [0.2, 0.25) is 10.0 Å². The third kappa shape index (κ3) is 6.70. The van der Waals surface area contributed by atoms with Crippen molar-refractivity contribution in [2.75, 3.05) is 13.1 Å². The number of aryl methyl sites for hydroxylation is 2. The van der Waals surface area contributed by atoms with Crippen LogP contribution in [0.1, 0.15) is 54.9 Å². The van der Waals surface area contributed by atoms with Gasteiger partial charge in [0.2, 0.25) is 0 Å². The fourth-order valence-electron chi connectivity index (χ4n) is 3.63. The lowest BCUT2D eigenvalue weighted by Gasteiger charge is -2.38. The van der Waals surface area contributed by atoms with Gasteiger partial charge in [-0.05, 0) is 54.7 Å². The summed E-state index contributed by atoms with van der Waals surface area (Å²) in [5.74, 6) is 1.09. The van der Waals surface area contributed by atoms with Crippen molar-refractivity contribution in [1.82, 2.24) is 4.90 Å². The van der Waals surface area contributed by atoms with Gasteiger partial charge in [0.15, 0.2) is 0 Å². The van der Waals surface area contributed by atoms with E-state index in [1.165, 1.54) is 22.3 Å². The van der Waals surface area contributed by atoms with Gasteiger partial charge in [0.1, 0.15) is 5.78 Å². The molecule has 3 rings (SSSR count). The average Bonchev–Trinajstić information content (AvgIpc) is 2.70. The molecule has 1 fully saturated rings. The normalized spacial score (nSPS) is 15.0. The number of carbonyl (C=O) groups excluding carboxylic acids is 1. The van der Waals surface area contributed by atoms with Gasteiger partial charge >= 0.3 is 0 Å². The van der Waals surface area contributed by atoms with E-state index < -0.39 is 0 Å². The number of Topliss-reactive ketones (excluding diaryl/α,β-unsaturated/α-hetero) is 1. The Morgan fingerprint density at radius 1 is 1.10 bits per heavy atom. The molecular weight excluding hydrogens is 413 g/mol. The van der Waals surface area contributed by atoms with Crippen LogP contribution in [0.5, 0.6) is 0 Å². The summed E-state index contributed by atoms with van der Waals surface area (Å²) in [6, 6.07) is 12.3. The van der Waals surface area contributed by atoms with E-state index in [-0.39, 0.29) is 0 Å². The highest BCUT2D eigenvalue weighted by Crippen LogP contribution is 2.28. The Kier molecular flexibility index (Phi) is 9.61. The highest BCUT2D eigenvalue weighted by Gasteiger charge is 2.30. The van der Waals surface area contributed by atoms with Gasteiger partial charge < -0.3 is 0 Å². The minimum atomic E-state index is 0.298. The third-order valence-corrected chi connectivity index (χ3v) is 6.57. The van der Waals surface area contributed by atoms with E-state index in [1.54, 1.807) is 0 Å². The van der Waals surface area contributed by atoms with Crippen molar-refractivity contribution in [2.45, 2.75) is 53.0 Å². The molecule has 1 saturated heterocycles. The predicted octanol–water partition coefficient (Wildman–Crippen LogP) is 7.39. The van der Waals surface area contributed by atoms with Crippen molar-refractivity contribution in [1.29, 1.82) is 0 Å². The van der Waals surface area contributed by atoms with Crippen LogP contribution in [0.3, 0.4) is 0 Å². The van der Waals surface area contributed by atoms with Crippen molar-refractivity contribution in [3.05, 3.63) is 81.4 Å². The molecule has 1 heterocycles. The molecule has 2 aromatic carbocycles. The number of carbonyl (C=O) groups is 1. The van der Waals surface area contributed by atoms with E-state index in [4.69, 9.17) is 23.2 Å². The summed E-state index contributed by atoms with van der Waals surface area (Å²) in [5, 5.41) is 1.21. The molecule has 2 aromatic rings. The van der Waals surface area contributed by atoms with Crippen LogP contribution < -0.4 is 0 Å². The molecule has 0 aliphatic carbocycles. The van der Waals surface area contributed by atoms with Crippen molar-refractivity contribution in [3.63, 3.8) is 0 Å². The maximum Gasteiger partial charge on any atom is 0.138 e. The van der Waals surface area contributed by atoms with Gasteiger partial charge in [-0.3, -0.25) is 9.69 Å². The first-order chi connectivity index (χ1) is 14.3. The largest absolute Gasteiger partial charge is 0.299 e. The van der Waals surface area contributed by atoms with E-state index in [1.807, 2.05) is 31.2 Å². The summed E-state index contributed by atoms with van der Waals surface area (Å²) >= 11 is 11.7. The van der Waals surface area contributed by atoms with Crippen molar-refractivity contribution < 1.29 is 4.79 Å². The molecule has 0 N–H and O–H groups in total. The smallest absolute Gasteiger partial charge is 0.138 e. The second kappa shape index (κ2) is 11.7. The molecule has 0 spiro atoms. The van der Waals surface area contributed by atoms with E-state index >= 15 is 0 Å². The van der Waals surface area contributed by atoms with Crippen molar-refractivity contribution >= 4 is 29.0 Å². The van der Waals surface area contributed by atoms with Crippen LogP contribution in [-0.2, 0) is 11.3 Å². The zero-order chi connectivity index (χ0) is 22.3. The molecule has 0 amide bonds. The van der Waals surface area contributed by atoms with E-state index in [2.05, 4.69) is 50.4 Å². The van der Waals surface area contributed by atoms with Crippen molar-refractivity contribution in [3.8, 4) is 0 Å². The lowest BCUT2D eigenvalue weighted by atomic mass is 9.93. The Bertz CT molecular complexity index is 871. The van der Waals surface area contributed by atoms with E-state index in [0.717, 1.165) is 26.1 Å². The fraction of sp³-hybridized carbons (Fsp3) is 0.423. The van der Waals surface area contributed by atoms with Gasteiger partial charge in [0.25, 0.3) is 0 Å². The number of likely N-dealkylation sites (tertiary alicyclic amines) is 1. The number of hydrogen-bond acceptors (Lipinski definition) is 2. The van der Waals surface area contributed by atoms with Gasteiger partial charge in [-0.1, -0.05) is 67.4 Å². The number of hydrogen-bond donors (Lipinski definition) is 0. The van der Waals surface area contributed by atoms with Crippen LogP contribution in [0, 0.1) is 19.8 Å². The number of ketones is 1. The SMILES string of the molecule is C=CC(CC)c1ccc(Cl)c(Cl)c1.CCC(=O)C1CN(Cc2ccc(C)c(C)c2)C1. The standard InChI is InChI=1S/C15H21NO.C11H12Cl2/c1-4-15(17)14-9-16(10-14)8-13-6-5-11(2)12(3)7-13;1-3-8(4-2)9-5-6-10(12)11(13)7-9/h5-7,14H,4,8-10H2,1-3H3;3,5-8H,1,4H2,2H3. The molecule has 0 bridgehead atoms. The Balaban J connectivity index is 0.000000222. The molecule has 1 atom stereocenters. The summed E-state index contributed by atoms with van der Waals surface area (Å²) in [6.45, 7) is 15.0.